The van der Waals surface area contributed by atoms with Gasteiger partial charge < -0.3 is 24.9 Å². The molecule has 0 saturated carbocycles. The minimum absolute atomic E-state index is 0.0723. The fraction of sp³-hybridized carbons (Fsp3) is 0.270. The summed E-state index contributed by atoms with van der Waals surface area (Å²) in [6, 6.07) is 23.4. The van der Waals surface area contributed by atoms with E-state index in [0.29, 0.717) is 31.6 Å². The molecular weight excluding hydrogens is 576 g/mol. The predicted molar refractivity (Wildman–Crippen MR) is 180 cm³/mol. The average molecular weight is 615 g/mol. The molecule has 0 radical (unpaired) electrons. The Morgan fingerprint density at radius 1 is 1.02 bits per heavy atom. The maximum absolute atomic E-state index is 13.5. The Morgan fingerprint density at radius 3 is 2.59 bits per heavy atom. The molecule has 2 aromatic heterocycles. The number of para-hydroxylation sites is 2. The molecule has 2 amide bonds. The van der Waals surface area contributed by atoms with Gasteiger partial charge in [0.2, 0.25) is 11.8 Å². The molecule has 0 saturated heterocycles. The van der Waals surface area contributed by atoms with Crippen molar-refractivity contribution in [1.82, 2.24) is 25.1 Å². The van der Waals surface area contributed by atoms with Crippen molar-refractivity contribution in [3.05, 3.63) is 107 Å². The van der Waals surface area contributed by atoms with Gasteiger partial charge in [0, 0.05) is 78.4 Å². The SMILES string of the molecule is COc1ccccc1CN(C[C@@H](Cc1c[nH]c2ccccc12)NC(=O)CN1CC=C(c2c[nH]c3ccc(C#N)cc23)CC1)C(C)=O. The number of rotatable bonds is 11. The van der Waals surface area contributed by atoms with Crippen molar-refractivity contribution in [3.63, 3.8) is 0 Å². The number of ether oxygens (including phenoxy) is 1. The van der Waals surface area contributed by atoms with Gasteiger partial charge in [-0.3, -0.25) is 14.5 Å². The zero-order valence-electron chi connectivity index (χ0n) is 26.2. The number of aromatic nitrogens is 2. The van der Waals surface area contributed by atoms with Crippen molar-refractivity contribution in [2.45, 2.75) is 32.4 Å². The van der Waals surface area contributed by atoms with Gasteiger partial charge in [-0.1, -0.05) is 42.5 Å². The van der Waals surface area contributed by atoms with Crippen LogP contribution in [0.2, 0.25) is 0 Å². The summed E-state index contributed by atoms with van der Waals surface area (Å²) in [5, 5.41) is 14.8. The minimum atomic E-state index is -0.304. The topological polar surface area (TPSA) is 117 Å². The monoisotopic (exact) mass is 614 g/mol. The van der Waals surface area contributed by atoms with Crippen molar-refractivity contribution in [3.8, 4) is 11.8 Å². The molecule has 9 heteroatoms. The number of amides is 2. The lowest BCUT2D eigenvalue weighted by atomic mass is 9.98. The van der Waals surface area contributed by atoms with Crippen LogP contribution in [-0.4, -0.2) is 70.9 Å². The molecule has 46 heavy (non-hydrogen) atoms. The fourth-order valence-electron chi connectivity index (χ4n) is 6.37. The smallest absolute Gasteiger partial charge is 0.234 e. The number of nitriles is 1. The van der Waals surface area contributed by atoms with E-state index < -0.39 is 0 Å². The molecule has 1 aliphatic heterocycles. The highest BCUT2D eigenvalue weighted by Gasteiger charge is 2.24. The summed E-state index contributed by atoms with van der Waals surface area (Å²) < 4.78 is 5.54. The molecule has 5 aromatic rings. The predicted octanol–water partition coefficient (Wildman–Crippen LogP) is 5.39. The van der Waals surface area contributed by atoms with Crippen LogP contribution in [-0.2, 0) is 22.6 Å². The van der Waals surface area contributed by atoms with Gasteiger partial charge in [-0.05, 0) is 54.3 Å². The Labute approximate surface area is 268 Å². The normalized spacial score (nSPS) is 14.1. The van der Waals surface area contributed by atoms with Crippen LogP contribution in [0.1, 0.15) is 35.6 Å². The van der Waals surface area contributed by atoms with E-state index in [1.165, 1.54) is 5.57 Å². The number of carbonyl (C=O) groups is 2. The quantitative estimate of drug-likeness (QED) is 0.184. The molecule has 234 valence electrons. The molecule has 9 nitrogen and oxygen atoms in total. The van der Waals surface area contributed by atoms with E-state index in [1.54, 1.807) is 18.9 Å². The number of methoxy groups -OCH3 is 1. The Morgan fingerprint density at radius 2 is 1.80 bits per heavy atom. The van der Waals surface area contributed by atoms with Crippen molar-refractivity contribution in [1.29, 1.82) is 5.26 Å². The highest BCUT2D eigenvalue weighted by Crippen LogP contribution is 2.30. The number of carbonyl (C=O) groups excluding carboxylic acids is 2. The molecule has 3 heterocycles. The molecule has 3 aromatic carbocycles. The molecule has 0 unspecified atom stereocenters. The lowest BCUT2D eigenvalue weighted by Crippen LogP contribution is -2.49. The molecule has 0 aliphatic carbocycles. The van der Waals surface area contributed by atoms with Crippen LogP contribution in [0.25, 0.3) is 27.4 Å². The molecular formula is C37H38N6O3. The van der Waals surface area contributed by atoms with Crippen LogP contribution in [0.4, 0.5) is 0 Å². The van der Waals surface area contributed by atoms with E-state index >= 15 is 0 Å². The van der Waals surface area contributed by atoms with Crippen LogP contribution in [0.5, 0.6) is 5.75 Å². The van der Waals surface area contributed by atoms with Gasteiger partial charge in [-0.15, -0.1) is 0 Å². The Bertz CT molecular complexity index is 1950. The third kappa shape index (κ3) is 6.82. The first-order valence-corrected chi connectivity index (χ1v) is 15.6. The van der Waals surface area contributed by atoms with E-state index in [2.05, 4.69) is 38.4 Å². The third-order valence-electron chi connectivity index (χ3n) is 8.76. The third-order valence-corrected chi connectivity index (χ3v) is 8.76. The number of benzene rings is 3. The van der Waals surface area contributed by atoms with Crippen molar-refractivity contribution >= 4 is 39.2 Å². The maximum Gasteiger partial charge on any atom is 0.234 e. The van der Waals surface area contributed by atoms with Crippen molar-refractivity contribution < 1.29 is 14.3 Å². The van der Waals surface area contributed by atoms with E-state index in [1.807, 2.05) is 73.1 Å². The Balaban J connectivity index is 1.16. The number of fused-ring (bicyclic) bond motifs is 2. The van der Waals surface area contributed by atoms with E-state index in [0.717, 1.165) is 57.2 Å². The van der Waals surface area contributed by atoms with Gasteiger partial charge in [0.1, 0.15) is 5.75 Å². The van der Waals surface area contributed by atoms with E-state index in [4.69, 9.17) is 4.74 Å². The second kappa shape index (κ2) is 13.8. The number of hydrogen-bond acceptors (Lipinski definition) is 5. The maximum atomic E-state index is 13.5. The molecule has 6 rings (SSSR count). The standard InChI is InChI=1S/C37H38N6O3/c1-25(44)43(22-28-7-3-6-10-36(28)46-2)23-30(18-29-20-39-34-9-5-4-8-31(29)34)41-37(45)24-42-15-13-27(14-16-42)33-21-40-35-12-11-26(19-38)17-32(33)35/h3-13,17,20-21,30,39-40H,14-16,18,22-24H2,1-2H3,(H,41,45)/t30-/m1/s1. The van der Waals surface area contributed by atoms with Crippen molar-refractivity contribution in [2.75, 3.05) is 33.3 Å². The molecule has 3 N–H and O–H groups in total. The first-order valence-electron chi connectivity index (χ1n) is 15.6. The second-order valence-corrected chi connectivity index (χ2v) is 11.8. The minimum Gasteiger partial charge on any atom is -0.496 e. The number of hydrogen-bond donors (Lipinski definition) is 3. The zero-order valence-corrected chi connectivity index (χ0v) is 26.2. The van der Waals surface area contributed by atoms with Crippen LogP contribution in [0, 0.1) is 11.3 Å². The second-order valence-electron chi connectivity index (χ2n) is 11.8. The number of nitrogens with zero attached hydrogens (tertiary/aromatic N) is 3. The summed E-state index contributed by atoms with van der Waals surface area (Å²) in [5.74, 6) is 0.576. The van der Waals surface area contributed by atoms with E-state index in [-0.39, 0.29) is 24.4 Å². The highest BCUT2D eigenvalue weighted by atomic mass is 16.5. The number of H-pyrrole nitrogens is 2. The first kappa shape index (κ1) is 30.7. The van der Waals surface area contributed by atoms with Gasteiger partial charge in [-0.25, -0.2) is 0 Å². The summed E-state index contributed by atoms with van der Waals surface area (Å²) in [5.41, 5.74) is 6.99. The van der Waals surface area contributed by atoms with Crippen molar-refractivity contribution in [2.24, 2.45) is 0 Å². The van der Waals surface area contributed by atoms with Gasteiger partial charge >= 0.3 is 0 Å². The molecule has 0 spiro atoms. The fourth-order valence-corrected chi connectivity index (χ4v) is 6.37. The van der Waals surface area contributed by atoms with Crippen LogP contribution in [0.3, 0.4) is 0 Å². The van der Waals surface area contributed by atoms with Gasteiger partial charge in [0.25, 0.3) is 0 Å². The van der Waals surface area contributed by atoms with Gasteiger partial charge in [0.05, 0.1) is 31.3 Å². The summed E-state index contributed by atoms with van der Waals surface area (Å²) in [6.07, 6.45) is 7.53. The summed E-state index contributed by atoms with van der Waals surface area (Å²) in [6.45, 7) is 3.94. The van der Waals surface area contributed by atoms with Gasteiger partial charge in [-0.2, -0.15) is 5.26 Å². The molecule has 1 aliphatic rings. The molecule has 0 fully saturated rings. The highest BCUT2D eigenvalue weighted by molar-refractivity contribution is 5.93. The number of nitrogens with one attached hydrogen (secondary N) is 3. The summed E-state index contributed by atoms with van der Waals surface area (Å²) in [7, 11) is 1.63. The molecule has 0 bridgehead atoms. The summed E-state index contributed by atoms with van der Waals surface area (Å²) >= 11 is 0. The van der Waals surface area contributed by atoms with E-state index in [9.17, 15) is 14.9 Å². The Kier molecular flexibility index (Phi) is 9.18. The number of aromatic amines is 2. The largest absolute Gasteiger partial charge is 0.496 e. The average Bonchev–Trinajstić information content (AvgIpc) is 3.68. The van der Waals surface area contributed by atoms with Gasteiger partial charge in [0.15, 0.2) is 0 Å². The molecule has 1 atom stereocenters. The zero-order chi connectivity index (χ0) is 32.0. The van der Waals surface area contributed by atoms with Crippen LogP contribution >= 0.6 is 0 Å². The summed E-state index contributed by atoms with van der Waals surface area (Å²) in [4.78, 5) is 37.0. The first-order chi connectivity index (χ1) is 22.4. The van der Waals surface area contributed by atoms with Crippen LogP contribution < -0.4 is 10.1 Å². The van der Waals surface area contributed by atoms with Crippen LogP contribution in [0.15, 0.2) is 85.2 Å². The lowest BCUT2D eigenvalue weighted by molar-refractivity contribution is -0.131. The Hall–Kier alpha value is -5.33. The lowest BCUT2D eigenvalue weighted by Gasteiger charge is -2.30.